The van der Waals surface area contributed by atoms with E-state index in [2.05, 4.69) is 32.3 Å². The number of piperidine rings is 1. The van der Waals surface area contributed by atoms with Crippen LogP contribution in [0.15, 0.2) is 29.3 Å². The summed E-state index contributed by atoms with van der Waals surface area (Å²) in [6.45, 7) is 8.23. The molecule has 1 atom stereocenters. The molecule has 2 heterocycles. The quantitative estimate of drug-likeness (QED) is 0.472. The van der Waals surface area contributed by atoms with E-state index in [1.165, 1.54) is 25.0 Å². The molecule has 1 aromatic carbocycles. The molecule has 32 heavy (non-hydrogen) atoms. The lowest BCUT2D eigenvalue weighted by atomic mass is 10.0. The Morgan fingerprint density at radius 3 is 2.53 bits per heavy atom. The second-order valence-electron chi connectivity index (χ2n) is 9.08. The highest BCUT2D eigenvalue weighted by atomic mass is 19.1. The Balaban J connectivity index is 1.51. The maximum absolute atomic E-state index is 13.1. The second-order valence-corrected chi connectivity index (χ2v) is 9.08. The fourth-order valence-electron chi connectivity index (χ4n) is 4.47. The van der Waals surface area contributed by atoms with E-state index < -0.39 is 0 Å². The van der Waals surface area contributed by atoms with Crippen molar-refractivity contribution in [2.24, 2.45) is 4.99 Å². The number of hydrogen-bond donors (Lipinski definition) is 2. The van der Waals surface area contributed by atoms with E-state index >= 15 is 0 Å². The van der Waals surface area contributed by atoms with Crippen molar-refractivity contribution < 1.29 is 9.18 Å². The van der Waals surface area contributed by atoms with Crippen LogP contribution in [0.25, 0.3) is 0 Å². The van der Waals surface area contributed by atoms with Gasteiger partial charge in [-0.2, -0.15) is 0 Å². The summed E-state index contributed by atoms with van der Waals surface area (Å²) in [7, 11) is 3.51. The van der Waals surface area contributed by atoms with E-state index in [9.17, 15) is 9.18 Å². The van der Waals surface area contributed by atoms with Crippen molar-refractivity contribution in [2.75, 3.05) is 53.4 Å². The summed E-state index contributed by atoms with van der Waals surface area (Å²) in [5.41, 5.74) is 1.14. The van der Waals surface area contributed by atoms with Gasteiger partial charge in [0, 0.05) is 52.4 Å². The lowest BCUT2D eigenvalue weighted by Crippen LogP contribution is -2.51. The lowest BCUT2D eigenvalue weighted by Gasteiger charge is -2.33. The Labute approximate surface area is 192 Å². The summed E-state index contributed by atoms with van der Waals surface area (Å²) in [6.07, 6.45) is 4.46. The molecule has 2 saturated heterocycles. The first-order chi connectivity index (χ1) is 15.4. The van der Waals surface area contributed by atoms with Crippen LogP contribution >= 0.6 is 0 Å². The van der Waals surface area contributed by atoms with Gasteiger partial charge in [-0.05, 0) is 56.5 Å². The molecular weight excluding hydrogens is 407 g/mol. The van der Waals surface area contributed by atoms with Gasteiger partial charge in [-0.25, -0.2) is 9.38 Å². The van der Waals surface area contributed by atoms with Crippen molar-refractivity contribution in [1.82, 2.24) is 25.3 Å². The molecule has 0 spiro atoms. The van der Waals surface area contributed by atoms with E-state index in [-0.39, 0.29) is 18.3 Å². The van der Waals surface area contributed by atoms with Crippen molar-refractivity contribution in [3.63, 3.8) is 0 Å². The average molecular weight is 447 g/mol. The lowest BCUT2D eigenvalue weighted by molar-refractivity contribution is -0.127. The van der Waals surface area contributed by atoms with E-state index in [4.69, 9.17) is 0 Å². The third kappa shape index (κ3) is 7.45. The predicted octanol–water partition coefficient (Wildman–Crippen LogP) is 1.90. The van der Waals surface area contributed by atoms with Crippen molar-refractivity contribution in [1.29, 1.82) is 0 Å². The van der Waals surface area contributed by atoms with E-state index in [0.717, 1.165) is 63.6 Å². The second kappa shape index (κ2) is 12.2. The van der Waals surface area contributed by atoms with Crippen LogP contribution in [0.5, 0.6) is 0 Å². The first kappa shape index (κ1) is 24.5. The van der Waals surface area contributed by atoms with Crippen LogP contribution in [0.4, 0.5) is 4.39 Å². The minimum absolute atomic E-state index is 0.00346. The smallest absolute Gasteiger partial charge is 0.243 e. The molecule has 0 bridgehead atoms. The molecule has 2 fully saturated rings. The third-order valence-electron chi connectivity index (χ3n) is 6.53. The Kier molecular flexibility index (Phi) is 9.29. The first-order valence-electron chi connectivity index (χ1n) is 11.9. The Morgan fingerprint density at radius 1 is 1.16 bits per heavy atom. The predicted molar refractivity (Wildman–Crippen MR) is 127 cm³/mol. The number of benzene rings is 1. The number of amides is 1. The van der Waals surface area contributed by atoms with Gasteiger partial charge >= 0.3 is 0 Å². The molecule has 3 rings (SSSR count). The normalized spacial score (nSPS) is 21.0. The maximum atomic E-state index is 13.1. The van der Waals surface area contributed by atoms with Crippen LogP contribution in [0.3, 0.4) is 0 Å². The van der Waals surface area contributed by atoms with Gasteiger partial charge in [0.05, 0.1) is 0 Å². The first-order valence-corrected chi connectivity index (χ1v) is 11.9. The third-order valence-corrected chi connectivity index (χ3v) is 6.53. The van der Waals surface area contributed by atoms with Gasteiger partial charge in [-0.15, -0.1) is 0 Å². The Morgan fingerprint density at radius 2 is 1.88 bits per heavy atom. The number of halogens is 1. The molecule has 1 aromatic rings. The zero-order valence-electron chi connectivity index (χ0n) is 19.8. The van der Waals surface area contributed by atoms with Crippen LogP contribution in [-0.4, -0.2) is 92.0 Å². The number of aliphatic imine (C=N–C) groups is 1. The number of nitrogens with zero attached hydrogens (tertiary/aromatic N) is 4. The summed E-state index contributed by atoms with van der Waals surface area (Å²) >= 11 is 0. The van der Waals surface area contributed by atoms with Crippen LogP contribution in [0, 0.1) is 5.82 Å². The number of guanidine groups is 1. The number of carbonyl (C=O) groups excluding carboxylic acids is 1. The zero-order chi connectivity index (χ0) is 22.9. The SMILES string of the molecule is CCN1CCCC1CNC(=NCC(=O)N(C)C)NC1CCN(Cc2ccc(F)cc2)CC1. The molecule has 1 amide bonds. The summed E-state index contributed by atoms with van der Waals surface area (Å²) in [5, 5.41) is 7.07. The van der Waals surface area contributed by atoms with Crippen molar-refractivity contribution in [3.05, 3.63) is 35.6 Å². The standard InChI is InChI=1S/C24H39FN6O/c1-4-31-13-5-6-22(31)16-26-24(27-17-23(32)29(2)3)28-21-11-14-30(15-12-21)18-19-7-9-20(25)10-8-19/h7-10,21-22H,4-6,11-18H2,1-3H3,(H2,26,27,28). The summed E-state index contributed by atoms with van der Waals surface area (Å²) in [6, 6.07) is 7.62. The molecule has 2 N–H and O–H groups in total. The van der Waals surface area contributed by atoms with Crippen molar-refractivity contribution in [2.45, 2.75) is 51.2 Å². The molecule has 178 valence electrons. The molecule has 0 aliphatic carbocycles. The van der Waals surface area contributed by atoms with E-state index in [1.807, 2.05) is 12.1 Å². The van der Waals surface area contributed by atoms with Crippen LogP contribution in [0.1, 0.15) is 38.2 Å². The highest BCUT2D eigenvalue weighted by Crippen LogP contribution is 2.16. The van der Waals surface area contributed by atoms with Crippen LogP contribution < -0.4 is 10.6 Å². The Hall–Kier alpha value is -2.19. The van der Waals surface area contributed by atoms with Crippen molar-refractivity contribution >= 4 is 11.9 Å². The minimum Gasteiger partial charge on any atom is -0.355 e. The largest absolute Gasteiger partial charge is 0.355 e. The maximum Gasteiger partial charge on any atom is 0.243 e. The number of hydrogen-bond acceptors (Lipinski definition) is 4. The molecule has 2 aliphatic heterocycles. The molecule has 0 saturated carbocycles. The highest BCUT2D eigenvalue weighted by molar-refractivity contribution is 5.85. The van der Waals surface area contributed by atoms with Crippen LogP contribution in [-0.2, 0) is 11.3 Å². The van der Waals surface area contributed by atoms with Gasteiger partial charge in [0.15, 0.2) is 5.96 Å². The van der Waals surface area contributed by atoms with Gasteiger partial charge in [-0.3, -0.25) is 14.6 Å². The number of likely N-dealkylation sites (N-methyl/N-ethyl adjacent to an activating group) is 2. The van der Waals surface area contributed by atoms with E-state index in [0.29, 0.717) is 12.1 Å². The number of carbonyl (C=O) groups is 1. The molecule has 7 nitrogen and oxygen atoms in total. The van der Waals surface area contributed by atoms with Gasteiger partial charge in [-0.1, -0.05) is 19.1 Å². The molecule has 0 radical (unpaired) electrons. The van der Waals surface area contributed by atoms with Crippen molar-refractivity contribution in [3.8, 4) is 0 Å². The number of likely N-dealkylation sites (tertiary alicyclic amines) is 2. The summed E-state index contributed by atoms with van der Waals surface area (Å²) in [4.78, 5) is 23.1. The summed E-state index contributed by atoms with van der Waals surface area (Å²) < 4.78 is 13.1. The number of rotatable bonds is 8. The van der Waals surface area contributed by atoms with Gasteiger partial charge in [0.1, 0.15) is 12.4 Å². The molecule has 0 aromatic heterocycles. The Bertz CT molecular complexity index is 745. The number of nitrogens with one attached hydrogen (secondary N) is 2. The molecule has 2 aliphatic rings. The fourth-order valence-corrected chi connectivity index (χ4v) is 4.47. The van der Waals surface area contributed by atoms with E-state index in [1.54, 1.807) is 19.0 Å². The monoisotopic (exact) mass is 446 g/mol. The molecule has 1 unspecified atom stereocenters. The average Bonchev–Trinajstić information content (AvgIpc) is 3.25. The molecular formula is C24H39FN6O. The highest BCUT2D eigenvalue weighted by Gasteiger charge is 2.24. The topological polar surface area (TPSA) is 63.2 Å². The van der Waals surface area contributed by atoms with Gasteiger partial charge in [0.2, 0.25) is 5.91 Å². The molecule has 8 heteroatoms. The summed E-state index contributed by atoms with van der Waals surface area (Å²) in [5.74, 6) is 0.541. The van der Waals surface area contributed by atoms with Gasteiger partial charge in [0.25, 0.3) is 0 Å². The zero-order valence-corrected chi connectivity index (χ0v) is 19.8. The fraction of sp³-hybridized carbons (Fsp3) is 0.667. The van der Waals surface area contributed by atoms with Crippen LogP contribution in [0.2, 0.25) is 0 Å². The van der Waals surface area contributed by atoms with Gasteiger partial charge < -0.3 is 15.5 Å². The minimum atomic E-state index is -0.191.